The zero-order chi connectivity index (χ0) is 17.5. The fourth-order valence-electron chi connectivity index (χ4n) is 3.56. The summed E-state index contributed by atoms with van der Waals surface area (Å²) in [5.41, 5.74) is 1.24. The van der Waals surface area contributed by atoms with Gasteiger partial charge in [0, 0.05) is 12.6 Å². The van der Waals surface area contributed by atoms with Crippen LogP contribution in [0.15, 0.2) is 40.1 Å². The lowest BCUT2D eigenvalue weighted by atomic mass is 10.0. The second kappa shape index (κ2) is 6.53. The number of likely N-dealkylation sites (tertiary alicyclic amines) is 1. The molecule has 0 aliphatic carbocycles. The van der Waals surface area contributed by atoms with Crippen molar-refractivity contribution in [2.75, 3.05) is 13.3 Å². The van der Waals surface area contributed by atoms with E-state index in [-0.39, 0.29) is 0 Å². The summed E-state index contributed by atoms with van der Waals surface area (Å²) >= 11 is 6.97. The van der Waals surface area contributed by atoms with E-state index in [0.29, 0.717) is 30.2 Å². The molecule has 0 amide bonds. The van der Waals surface area contributed by atoms with E-state index >= 15 is 0 Å². The van der Waals surface area contributed by atoms with E-state index in [4.69, 9.17) is 26.1 Å². The third kappa shape index (κ3) is 2.84. The van der Waals surface area contributed by atoms with Gasteiger partial charge in [0.2, 0.25) is 6.79 Å². The quantitative estimate of drug-likeness (QED) is 0.616. The first kappa shape index (κ1) is 16.0. The van der Waals surface area contributed by atoms with Crippen LogP contribution in [0.25, 0.3) is 10.8 Å². The maximum absolute atomic E-state index is 5.68. The molecule has 0 saturated carbocycles. The largest absolute Gasteiger partial charge is 0.454 e. The normalized spacial score (nSPS) is 19.3. The first-order chi connectivity index (χ1) is 12.8. The van der Waals surface area contributed by atoms with Crippen molar-refractivity contribution >= 4 is 23.6 Å². The predicted molar refractivity (Wildman–Crippen MR) is 99.9 cm³/mol. The summed E-state index contributed by atoms with van der Waals surface area (Å²) in [7, 11) is 0. The molecule has 6 nitrogen and oxygen atoms in total. The molecule has 2 aliphatic heterocycles. The van der Waals surface area contributed by atoms with Crippen LogP contribution in [-0.4, -0.2) is 28.0 Å². The predicted octanol–water partition coefficient (Wildman–Crippen LogP) is 4.46. The van der Waals surface area contributed by atoms with E-state index < -0.39 is 0 Å². The summed E-state index contributed by atoms with van der Waals surface area (Å²) in [5.74, 6) is 2.23. The van der Waals surface area contributed by atoms with Gasteiger partial charge in [0.05, 0.1) is 11.5 Å². The van der Waals surface area contributed by atoms with Crippen molar-refractivity contribution in [2.45, 2.75) is 25.6 Å². The van der Waals surface area contributed by atoms with E-state index in [1.807, 2.05) is 23.6 Å². The van der Waals surface area contributed by atoms with Gasteiger partial charge in [0.1, 0.15) is 0 Å². The van der Waals surface area contributed by atoms with Crippen LogP contribution < -0.4 is 9.47 Å². The molecular formula is C18H17N3O3S2. The van der Waals surface area contributed by atoms with Crippen molar-refractivity contribution < 1.29 is 13.9 Å². The standard InChI is InChI=1S/C18H17N3O3S2/c25-18-21(19-17(24-18)16-4-2-8-26-16)10-20-7-1-3-13(20)12-5-6-14-15(9-12)23-11-22-14/h2,4-6,8-9,13H,1,3,7,10-11H2. The Labute approximate surface area is 159 Å². The van der Waals surface area contributed by atoms with E-state index in [2.05, 4.69) is 22.1 Å². The minimum absolute atomic E-state index is 0.298. The summed E-state index contributed by atoms with van der Waals surface area (Å²) in [5, 5.41) is 6.57. The Morgan fingerprint density at radius 1 is 1.23 bits per heavy atom. The van der Waals surface area contributed by atoms with Crippen LogP contribution in [0.1, 0.15) is 24.4 Å². The third-order valence-corrected chi connectivity index (χ3v) is 5.95. The first-order valence-corrected chi connectivity index (χ1v) is 9.82. The lowest BCUT2D eigenvalue weighted by Gasteiger charge is -2.24. The average Bonchev–Trinajstić information content (AvgIpc) is 3.43. The lowest BCUT2D eigenvalue weighted by Crippen LogP contribution is -2.26. The number of nitrogens with zero attached hydrogens (tertiary/aromatic N) is 3. The van der Waals surface area contributed by atoms with Crippen LogP contribution in [0.3, 0.4) is 0 Å². The highest BCUT2D eigenvalue weighted by Gasteiger charge is 2.28. The molecule has 0 bridgehead atoms. The smallest absolute Gasteiger partial charge is 0.288 e. The van der Waals surface area contributed by atoms with E-state index in [1.54, 1.807) is 16.0 Å². The van der Waals surface area contributed by atoms with Crippen molar-refractivity contribution in [3.63, 3.8) is 0 Å². The summed E-state index contributed by atoms with van der Waals surface area (Å²) < 4.78 is 18.4. The third-order valence-electron chi connectivity index (χ3n) is 4.80. The van der Waals surface area contributed by atoms with Crippen LogP contribution in [0.2, 0.25) is 0 Å². The SMILES string of the molecule is S=c1oc(-c2cccs2)nn1CN1CCCC1c1ccc2c(c1)OCO2. The van der Waals surface area contributed by atoms with Gasteiger partial charge in [-0.2, -0.15) is 0 Å². The van der Waals surface area contributed by atoms with Crippen LogP contribution in [0.4, 0.5) is 0 Å². The number of benzene rings is 1. The fourth-order valence-corrected chi connectivity index (χ4v) is 4.38. The summed E-state index contributed by atoms with van der Waals surface area (Å²) in [6.07, 6.45) is 2.24. The van der Waals surface area contributed by atoms with E-state index in [0.717, 1.165) is 35.8 Å². The van der Waals surface area contributed by atoms with Crippen LogP contribution >= 0.6 is 23.6 Å². The molecule has 0 N–H and O–H groups in total. The van der Waals surface area contributed by atoms with Crippen LogP contribution in [0.5, 0.6) is 11.5 Å². The number of aromatic nitrogens is 2. The number of fused-ring (bicyclic) bond motifs is 1. The maximum Gasteiger partial charge on any atom is 0.288 e. The number of hydrogen-bond acceptors (Lipinski definition) is 7. The van der Waals surface area contributed by atoms with Crippen molar-refractivity contribution in [2.24, 2.45) is 0 Å². The van der Waals surface area contributed by atoms with Gasteiger partial charge in [-0.1, -0.05) is 12.1 Å². The molecule has 4 heterocycles. The molecule has 2 aliphatic rings. The minimum Gasteiger partial charge on any atom is -0.454 e. The number of ether oxygens (including phenoxy) is 2. The highest BCUT2D eigenvalue weighted by molar-refractivity contribution is 7.71. The topological polar surface area (TPSA) is 52.7 Å². The van der Waals surface area contributed by atoms with Gasteiger partial charge in [0.25, 0.3) is 10.7 Å². The molecule has 5 rings (SSSR count). The molecule has 3 aromatic rings. The molecule has 1 saturated heterocycles. The molecular weight excluding hydrogens is 370 g/mol. The highest BCUT2D eigenvalue weighted by Crippen LogP contribution is 2.39. The number of rotatable bonds is 4. The zero-order valence-corrected chi connectivity index (χ0v) is 15.6. The molecule has 1 unspecified atom stereocenters. The Morgan fingerprint density at radius 2 is 2.15 bits per heavy atom. The Hall–Kier alpha value is -2.16. The monoisotopic (exact) mass is 387 g/mol. The first-order valence-electron chi connectivity index (χ1n) is 8.53. The Balaban J connectivity index is 1.39. The number of hydrogen-bond donors (Lipinski definition) is 0. The summed E-state index contributed by atoms with van der Waals surface area (Å²) in [6, 6.07) is 10.5. The molecule has 1 aromatic carbocycles. The van der Waals surface area contributed by atoms with Gasteiger partial charge in [-0.3, -0.25) is 4.90 Å². The van der Waals surface area contributed by atoms with Crippen molar-refractivity contribution in [3.05, 3.63) is 46.1 Å². The molecule has 1 fully saturated rings. The van der Waals surface area contributed by atoms with Gasteiger partial charge >= 0.3 is 0 Å². The van der Waals surface area contributed by atoms with Gasteiger partial charge in [-0.05, 0) is 54.2 Å². The van der Waals surface area contributed by atoms with Crippen molar-refractivity contribution in [3.8, 4) is 22.3 Å². The van der Waals surface area contributed by atoms with Crippen molar-refractivity contribution in [1.29, 1.82) is 0 Å². The molecule has 26 heavy (non-hydrogen) atoms. The molecule has 2 aromatic heterocycles. The minimum atomic E-state index is 0.298. The molecule has 8 heteroatoms. The van der Waals surface area contributed by atoms with Gasteiger partial charge < -0.3 is 13.9 Å². The Bertz CT molecular complexity index is 980. The van der Waals surface area contributed by atoms with E-state index in [9.17, 15) is 0 Å². The number of thiophene rings is 1. The maximum atomic E-state index is 5.68. The summed E-state index contributed by atoms with van der Waals surface area (Å²) in [6.45, 7) is 1.92. The van der Waals surface area contributed by atoms with E-state index in [1.165, 1.54) is 5.56 Å². The zero-order valence-electron chi connectivity index (χ0n) is 14.0. The molecule has 0 spiro atoms. The van der Waals surface area contributed by atoms with Gasteiger partial charge in [-0.15, -0.1) is 16.4 Å². The second-order valence-corrected chi connectivity index (χ2v) is 7.67. The summed E-state index contributed by atoms with van der Waals surface area (Å²) in [4.78, 5) is 3.78. The molecule has 0 radical (unpaired) electrons. The van der Waals surface area contributed by atoms with Crippen molar-refractivity contribution in [1.82, 2.24) is 14.7 Å². The highest BCUT2D eigenvalue weighted by atomic mass is 32.1. The average molecular weight is 387 g/mol. The Morgan fingerprint density at radius 3 is 3.04 bits per heavy atom. The van der Waals surface area contributed by atoms with Gasteiger partial charge in [-0.25, -0.2) is 4.68 Å². The second-order valence-electron chi connectivity index (χ2n) is 6.37. The van der Waals surface area contributed by atoms with Crippen LogP contribution in [0, 0.1) is 4.84 Å². The molecule has 134 valence electrons. The van der Waals surface area contributed by atoms with Crippen LogP contribution in [-0.2, 0) is 6.67 Å². The Kier molecular flexibility index (Phi) is 4.03. The molecule has 1 atom stereocenters. The lowest BCUT2D eigenvalue weighted by molar-refractivity contribution is 0.173. The van der Waals surface area contributed by atoms with Gasteiger partial charge in [0.15, 0.2) is 11.5 Å². The fraction of sp³-hybridized carbons (Fsp3) is 0.333.